The molecule has 1 fully saturated rings. The maximum Gasteiger partial charge on any atom is 0.112 e. The van der Waals surface area contributed by atoms with Gasteiger partial charge >= 0.3 is 0 Å². The van der Waals surface area contributed by atoms with Crippen LogP contribution in [0, 0.1) is 11.8 Å². The predicted octanol–water partition coefficient (Wildman–Crippen LogP) is 3.51. The predicted molar refractivity (Wildman–Crippen MR) is 69.5 cm³/mol. The Morgan fingerprint density at radius 2 is 1.94 bits per heavy atom. The molecule has 1 saturated carbocycles. The summed E-state index contributed by atoms with van der Waals surface area (Å²) < 4.78 is 0. The molecule has 2 nitrogen and oxygen atoms in total. The van der Waals surface area contributed by atoms with Crippen LogP contribution >= 0.6 is 0 Å². The van der Waals surface area contributed by atoms with Gasteiger partial charge in [-0.25, -0.2) is 0 Å². The molecule has 1 aromatic rings. The Morgan fingerprint density at radius 3 is 2.47 bits per heavy atom. The summed E-state index contributed by atoms with van der Waals surface area (Å²) >= 11 is 0. The molecule has 0 saturated heterocycles. The molecule has 17 heavy (non-hydrogen) atoms. The van der Waals surface area contributed by atoms with Crippen molar-refractivity contribution in [3.05, 3.63) is 30.1 Å². The minimum atomic E-state index is -0.748. The van der Waals surface area contributed by atoms with Crippen molar-refractivity contribution in [3.8, 4) is 0 Å². The lowest BCUT2D eigenvalue weighted by Crippen LogP contribution is -2.42. The Bertz CT molecular complexity index is 343. The van der Waals surface area contributed by atoms with Gasteiger partial charge in [-0.05, 0) is 36.8 Å². The molecular formula is C15H23NO. The number of aliphatic hydroxyl groups is 1. The van der Waals surface area contributed by atoms with Crippen molar-refractivity contribution in [3.63, 3.8) is 0 Å². The van der Waals surface area contributed by atoms with Crippen molar-refractivity contribution in [1.29, 1.82) is 0 Å². The fourth-order valence-electron chi connectivity index (χ4n) is 3.12. The van der Waals surface area contributed by atoms with Gasteiger partial charge in [0, 0.05) is 6.20 Å². The number of rotatable bonds is 3. The standard InChI is InChI=1S/C15H23NO/c1-12(2)15(17,13-8-4-3-5-9-13)14-10-6-7-11-16-14/h6-7,10-13,17H,3-5,8-9H2,1-2H3. The highest BCUT2D eigenvalue weighted by molar-refractivity contribution is 5.16. The van der Waals surface area contributed by atoms with E-state index in [9.17, 15) is 5.11 Å². The second kappa shape index (κ2) is 5.18. The van der Waals surface area contributed by atoms with Crippen LogP contribution in [0.5, 0.6) is 0 Å². The zero-order chi connectivity index (χ0) is 12.3. The highest BCUT2D eigenvalue weighted by Gasteiger charge is 2.42. The van der Waals surface area contributed by atoms with Crippen molar-refractivity contribution in [2.24, 2.45) is 11.8 Å². The Hall–Kier alpha value is -0.890. The Morgan fingerprint density at radius 1 is 1.24 bits per heavy atom. The molecule has 94 valence electrons. The summed E-state index contributed by atoms with van der Waals surface area (Å²) in [5, 5.41) is 11.1. The van der Waals surface area contributed by atoms with Gasteiger partial charge in [-0.1, -0.05) is 39.2 Å². The van der Waals surface area contributed by atoms with Crippen LogP contribution in [0.1, 0.15) is 51.6 Å². The van der Waals surface area contributed by atoms with Gasteiger partial charge < -0.3 is 5.11 Å². The van der Waals surface area contributed by atoms with Crippen LogP contribution in [0.4, 0.5) is 0 Å². The molecule has 0 radical (unpaired) electrons. The molecule has 0 spiro atoms. The molecule has 0 bridgehead atoms. The minimum Gasteiger partial charge on any atom is -0.383 e. The summed E-state index contributed by atoms with van der Waals surface area (Å²) in [7, 11) is 0. The van der Waals surface area contributed by atoms with Gasteiger partial charge in [0.2, 0.25) is 0 Å². The Labute approximate surface area is 104 Å². The van der Waals surface area contributed by atoms with Gasteiger partial charge in [0.1, 0.15) is 5.60 Å². The topological polar surface area (TPSA) is 33.1 Å². The van der Waals surface area contributed by atoms with Gasteiger partial charge in [0.25, 0.3) is 0 Å². The van der Waals surface area contributed by atoms with Crippen molar-refractivity contribution >= 4 is 0 Å². The third-order valence-electron chi connectivity index (χ3n) is 4.18. The van der Waals surface area contributed by atoms with Crippen LogP contribution in [-0.4, -0.2) is 10.1 Å². The second-order valence-corrected chi connectivity index (χ2v) is 5.53. The van der Waals surface area contributed by atoms with E-state index in [1.54, 1.807) is 6.20 Å². The van der Waals surface area contributed by atoms with Crippen molar-refractivity contribution in [2.75, 3.05) is 0 Å². The first-order valence-electron chi connectivity index (χ1n) is 6.79. The molecule has 1 aromatic heterocycles. The highest BCUT2D eigenvalue weighted by Crippen LogP contribution is 2.43. The fourth-order valence-corrected chi connectivity index (χ4v) is 3.12. The molecule has 1 unspecified atom stereocenters. The van der Waals surface area contributed by atoms with Gasteiger partial charge in [-0.15, -0.1) is 0 Å². The van der Waals surface area contributed by atoms with Crippen LogP contribution in [0.3, 0.4) is 0 Å². The third kappa shape index (κ3) is 2.37. The summed E-state index contributed by atoms with van der Waals surface area (Å²) in [5.41, 5.74) is 0.101. The lowest BCUT2D eigenvalue weighted by molar-refractivity contribution is -0.0809. The van der Waals surface area contributed by atoms with E-state index in [1.165, 1.54) is 19.3 Å². The summed E-state index contributed by atoms with van der Waals surface area (Å²) in [6.45, 7) is 4.20. The first-order valence-corrected chi connectivity index (χ1v) is 6.79. The Balaban J connectivity index is 2.31. The summed E-state index contributed by atoms with van der Waals surface area (Å²) in [4.78, 5) is 4.40. The summed E-state index contributed by atoms with van der Waals surface area (Å²) in [5.74, 6) is 0.576. The van der Waals surface area contributed by atoms with Crippen molar-refractivity contribution in [1.82, 2.24) is 4.98 Å². The first kappa shape index (κ1) is 12.6. The molecular weight excluding hydrogens is 210 g/mol. The molecule has 1 atom stereocenters. The monoisotopic (exact) mass is 233 g/mol. The third-order valence-corrected chi connectivity index (χ3v) is 4.18. The summed E-state index contributed by atoms with van der Waals surface area (Å²) in [6.07, 6.45) is 7.84. The van der Waals surface area contributed by atoms with Gasteiger partial charge in [-0.2, -0.15) is 0 Å². The van der Waals surface area contributed by atoms with Crippen LogP contribution in [0.25, 0.3) is 0 Å². The van der Waals surface area contributed by atoms with Crippen molar-refractivity contribution < 1.29 is 5.11 Å². The molecule has 1 aliphatic carbocycles. The first-order chi connectivity index (χ1) is 8.15. The lowest BCUT2D eigenvalue weighted by Gasteiger charge is -2.41. The van der Waals surface area contributed by atoms with E-state index in [0.29, 0.717) is 5.92 Å². The van der Waals surface area contributed by atoms with E-state index < -0.39 is 5.60 Å². The van der Waals surface area contributed by atoms with E-state index in [-0.39, 0.29) is 5.92 Å². The molecule has 1 heterocycles. The maximum atomic E-state index is 11.1. The van der Waals surface area contributed by atoms with E-state index in [0.717, 1.165) is 18.5 Å². The minimum absolute atomic E-state index is 0.209. The average Bonchev–Trinajstić information content (AvgIpc) is 2.39. The number of hydrogen-bond acceptors (Lipinski definition) is 2. The van der Waals surface area contributed by atoms with Crippen molar-refractivity contribution in [2.45, 2.75) is 51.6 Å². The Kier molecular flexibility index (Phi) is 3.82. The van der Waals surface area contributed by atoms with Gasteiger partial charge in [0.15, 0.2) is 0 Å². The lowest BCUT2D eigenvalue weighted by atomic mass is 9.70. The molecule has 0 aromatic carbocycles. The quantitative estimate of drug-likeness (QED) is 0.866. The average molecular weight is 233 g/mol. The largest absolute Gasteiger partial charge is 0.383 e. The molecule has 1 aliphatic rings. The molecule has 1 N–H and O–H groups in total. The van der Waals surface area contributed by atoms with Crippen LogP contribution < -0.4 is 0 Å². The number of nitrogens with zero attached hydrogens (tertiary/aromatic N) is 1. The van der Waals surface area contributed by atoms with E-state index in [1.807, 2.05) is 18.2 Å². The van der Waals surface area contributed by atoms with E-state index in [4.69, 9.17) is 0 Å². The number of pyridine rings is 1. The molecule has 0 aliphatic heterocycles. The molecule has 2 heteroatoms. The highest BCUT2D eigenvalue weighted by atomic mass is 16.3. The SMILES string of the molecule is CC(C)C(O)(c1ccccn1)C1CCCCC1. The van der Waals surface area contributed by atoms with Gasteiger partial charge in [0.05, 0.1) is 5.69 Å². The second-order valence-electron chi connectivity index (χ2n) is 5.53. The van der Waals surface area contributed by atoms with Gasteiger partial charge in [-0.3, -0.25) is 4.98 Å². The maximum absolute atomic E-state index is 11.1. The van der Waals surface area contributed by atoms with Crippen LogP contribution in [0.15, 0.2) is 24.4 Å². The number of hydrogen-bond donors (Lipinski definition) is 1. The fraction of sp³-hybridized carbons (Fsp3) is 0.667. The summed E-state index contributed by atoms with van der Waals surface area (Å²) in [6, 6.07) is 5.85. The molecule has 0 amide bonds. The number of aromatic nitrogens is 1. The van der Waals surface area contributed by atoms with Crippen LogP contribution in [0.2, 0.25) is 0 Å². The van der Waals surface area contributed by atoms with Crippen LogP contribution in [-0.2, 0) is 5.60 Å². The smallest absolute Gasteiger partial charge is 0.112 e. The van der Waals surface area contributed by atoms with E-state index in [2.05, 4.69) is 18.8 Å². The zero-order valence-corrected chi connectivity index (χ0v) is 10.9. The van der Waals surface area contributed by atoms with E-state index >= 15 is 0 Å². The zero-order valence-electron chi connectivity index (χ0n) is 10.9. The normalized spacial score (nSPS) is 21.4. The molecule has 2 rings (SSSR count).